The van der Waals surface area contributed by atoms with Crippen molar-refractivity contribution in [2.24, 2.45) is 0 Å². The number of ether oxygens (including phenoxy) is 3. The van der Waals surface area contributed by atoms with E-state index in [1.54, 1.807) is 0 Å². The van der Waals surface area contributed by atoms with Gasteiger partial charge in [-0.3, -0.25) is 9.59 Å². The third kappa shape index (κ3) is 4.62. The van der Waals surface area contributed by atoms with Gasteiger partial charge in [-0.25, -0.2) is 18.0 Å². The molecule has 1 heterocycles. The van der Waals surface area contributed by atoms with Crippen LogP contribution >= 0.6 is 0 Å². The Morgan fingerprint density at radius 3 is 2.57 bits per heavy atom. The standard InChI is InChI=1S/C19H15F3N2O6/c1-9(30-19(27)10-2-5-13-14(6-10)29-8-28-13)18(26)23-7-15(25)24-12-4-3-11(20)16(21)17(12)22/h2-6,9H,7-8H2,1H3,(H,23,26)(H,24,25)/t9-/m1/s1. The van der Waals surface area contributed by atoms with Gasteiger partial charge in [-0.2, -0.15) is 0 Å². The molecule has 11 heteroatoms. The number of anilines is 1. The first-order chi connectivity index (χ1) is 14.3. The zero-order valence-corrected chi connectivity index (χ0v) is 15.5. The summed E-state index contributed by atoms with van der Waals surface area (Å²) in [5.41, 5.74) is -0.458. The van der Waals surface area contributed by atoms with Crippen molar-refractivity contribution in [3.05, 3.63) is 53.3 Å². The lowest BCUT2D eigenvalue weighted by Crippen LogP contribution is -2.40. The number of nitrogens with one attached hydrogen (secondary N) is 2. The highest BCUT2D eigenvalue weighted by Gasteiger charge is 2.22. The highest BCUT2D eigenvalue weighted by molar-refractivity contribution is 5.96. The van der Waals surface area contributed by atoms with Gasteiger partial charge in [0.15, 0.2) is 35.1 Å². The minimum absolute atomic E-state index is 0.0309. The smallest absolute Gasteiger partial charge is 0.339 e. The van der Waals surface area contributed by atoms with Crippen LogP contribution in [0.5, 0.6) is 11.5 Å². The van der Waals surface area contributed by atoms with E-state index in [2.05, 4.69) is 5.32 Å². The summed E-state index contributed by atoms with van der Waals surface area (Å²) < 4.78 is 54.9. The number of esters is 1. The van der Waals surface area contributed by atoms with Gasteiger partial charge in [0.05, 0.1) is 17.8 Å². The van der Waals surface area contributed by atoms with E-state index in [1.165, 1.54) is 25.1 Å². The summed E-state index contributed by atoms with van der Waals surface area (Å²) >= 11 is 0. The highest BCUT2D eigenvalue weighted by Crippen LogP contribution is 2.32. The molecule has 1 atom stereocenters. The molecule has 0 aliphatic carbocycles. The average molecular weight is 424 g/mol. The van der Waals surface area contributed by atoms with Gasteiger partial charge < -0.3 is 24.8 Å². The zero-order valence-electron chi connectivity index (χ0n) is 15.5. The molecule has 0 bridgehead atoms. The fourth-order valence-corrected chi connectivity index (χ4v) is 2.43. The molecule has 2 aromatic carbocycles. The maximum absolute atomic E-state index is 13.5. The topological polar surface area (TPSA) is 103 Å². The molecule has 8 nitrogen and oxygen atoms in total. The summed E-state index contributed by atoms with van der Waals surface area (Å²) in [5.74, 6) is -6.38. The Bertz CT molecular complexity index is 1010. The lowest BCUT2D eigenvalue weighted by atomic mass is 10.2. The first-order valence-corrected chi connectivity index (χ1v) is 8.58. The second-order valence-corrected chi connectivity index (χ2v) is 6.10. The maximum Gasteiger partial charge on any atom is 0.339 e. The predicted octanol–water partition coefficient (Wildman–Crippen LogP) is 2.13. The average Bonchev–Trinajstić information content (AvgIpc) is 3.20. The second-order valence-electron chi connectivity index (χ2n) is 6.10. The fraction of sp³-hybridized carbons (Fsp3) is 0.211. The van der Waals surface area contributed by atoms with Crippen molar-refractivity contribution < 1.29 is 41.8 Å². The van der Waals surface area contributed by atoms with E-state index in [0.29, 0.717) is 17.6 Å². The van der Waals surface area contributed by atoms with Crippen molar-refractivity contribution in [1.29, 1.82) is 0 Å². The molecule has 3 rings (SSSR count). The van der Waals surface area contributed by atoms with Gasteiger partial charge in [0.2, 0.25) is 12.7 Å². The number of amides is 2. The normalized spacial score (nSPS) is 12.8. The maximum atomic E-state index is 13.5. The summed E-state index contributed by atoms with van der Waals surface area (Å²) in [6, 6.07) is 5.84. The number of rotatable bonds is 6. The number of carbonyl (C=O) groups is 3. The van der Waals surface area contributed by atoms with Crippen molar-refractivity contribution in [3.8, 4) is 11.5 Å². The molecule has 2 aromatic rings. The van der Waals surface area contributed by atoms with Crippen molar-refractivity contribution >= 4 is 23.5 Å². The number of halogens is 3. The first kappa shape index (κ1) is 21.0. The molecule has 158 valence electrons. The Labute approximate surface area is 167 Å². The van der Waals surface area contributed by atoms with Crippen LogP contribution in [-0.2, 0) is 14.3 Å². The van der Waals surface area contributed by atoms with Crippen LogP contribution < -0.4 is 20.1 Å². The largest absolute Gasteiger partial charge is 0.454 e. The van der Waals surface area contributed by atoms with E-state index in [-0.39, 0.29) is 12.4 Å². The third-order valence-electron chi connectivity index (χ3n) is 3.99. The summed E-state index contributed by atoms with van der Waals surface area (Å²) in [5, 5.41) is 4.18. The van der Waals surface area contributed by atoms with Crippen LogP contribution in [-0.4, -0.2) is 37.2 Å². The van der Waals surface area contributed by atoms with Crippen LogP contribution in [0.2, 0.25) is 0 Å². The number of benzene rings is 2. The van der Waals surface area contributed by atoms with E-state index in [0.717, 1.165) is 6.07 Å². The van der Waals surface area contributed by atoms with Gasteiger partial charge in [0.1, 0.15) is 0 Å². The van der Waals surface area contributed by atoms with Crippen LogP contribution in [0.4, 0.5) is 18.9 Å². The molecule has 2 amide bonds. The van der Waals surface area contributed by atoms with Crippen LogP contribution in [0, 0.1) is 17.5 Å². The molecule has 0 saturated heterocycles. The van der Waals surface area contributed by atoms with Crippen LogP contribution in [0.15, 0.2) is 30.3 Å². The summed E-state index contributed by atoms with van der Waals surface area (Å²) in [6.45, 7) is 0.694. The van der Waals surface area contributed by atoms with Crippen LogP contribution in [0.25, 0.3) is 0 Å². The fourth-order valence-electron chi connectivity index (χ4n) is 2.43. The molecule has 0 saturated carbocycles. The molecule has 2 N–H and O–H groups in total. The predicted molar refractivity (Wildman–Crippen MR) is 95.4 cm³/mol. The van der Waals surface area contributed by atoms with E-state index in [4.69, 9.17) is 14.2 Å². The molecule has 0 radical (unpaired) electrons. The molecule has 30 heavy (non-hydrogen) atoms. The Kier molecular flexibility index (Phi) is 6.09. The lowest BCUT2D eigenvalue weighted by molar-refractivity contribution is -0.130. The van der Waals surface area contributed by atoms with Crippen molar-refractivity contribution in [3.63, 3.8) is 0 Å². The first-order valence-electron chi connectivity index (χ1n) is 8.58. The molecule has 0 spiro atoms. The highest BCUT2D eigenvalue weighted by atomic mass is 19.2. The van der Waals surface area contributed by atoms with E-state index < -0.39 is 53.6 Å². The van der Waals surface area contributed by atoms with Gasteiger partial charge in [-0.1, -0.05) is 0 Å². The molecule has 1 aliphatic heterocycles. The monoisotopic (exact) mass is 424 g/mol. The minimum Gasteiger partial charge on any atom is -0.454 e. The summed E-state index contributed by atoms with van der Waals surface area (Å²) in [6.07, 6.45) is -1.25. The van der Waals surface area contributed by atoms with Crippen LogP contribution in [0.3, 0.4) is 0 Å². The summed E-state index contributed by atoms with van der Waals surface area (Å²) in [7, 11) is 0. The van der Waals surface area contributed by atoms with Crippen molar-refractivity contribution in [1.82, 2.24) is 5.32 Å². The quantitative estimate of drug-likeness (QED) is 0.544. The van der Waals surface area contributed by atoms with Gasteiger partial charge in [-0.05, 0) is 37.3 Å². The molecular formula is C19H15F3N2O6. The van der Waals surface area contributed by atoms with Gasteiger partial charge in [-0.15, -0.1) is 0 Å². The second kappa shape index (κ2) is 8.72. The Morgan fingerprint density at radius 1 is 1.07 bits per heavy atom. The number of hydrogen-bond acceptors (Lipinski definition) is 6. The zero-order chi connectivity index (χ0) is 21.8. The van der Waals surface area contributed by atoms with Crippen LogP contribution in [0.1, 0.15) is 17.3 Å². The molecule has 0 aromatic heterocycles. The Morgan fingerprint density at radius 2 is 1.80 bits per heavy atom. The molecule has 0 fully saturated rings. The van der Waals surface area contributed by atoms with Crippen molar-refractivity contribution in [2.75, 3.05) is 18.7 Å². The number of carbonyl (C=O) groups excluding carboxylic acids is 3. The van der Waals surface area contributed by atoms with Gasteiger partial charge in [0, 0.05) is 0 Å². The summed E-state index contributed by atoms with van der Waals surface area (Å²) in [4.78, 5) is 36.0. The third-order valence-corrected chi connectivity index (χ3v) is 3.99. The van der Waals surface area contributed by atoms with E-state index in [9.17, 15) is 27.6 Å². The number of fused-ring (bicyclic) bond motifs is 1. The molecule has 0 unspecified atom stereocenters. The van der Waals surface area contributed by atoms with E-state index >= 15 is 0 Å². The van der Waals surface area contributed by atoms with Gasteiger partial charge in [0.25, 0.3) is 5.91 Å². The molecular weight excluding hydrogens is 409 g/mol. The lowest BCUT2D eigenvalue weighted by Gasteiger charge is -2.14. The van der Waals surface area contributed by atoms with Crippen molar-refractivity contribution in [2.45, 2.75) is 13.0 Å². The van der Waals surface area contributed by atoms with E-state index in [1.807, 2.05) is 5.32 Å². The SMILES string of the molecule is C[C@@H](OC(=O)c1ccc2c(c1)OCO2)C(=O)NCC(=O)Nc1ccc(F)c(F)c1F. The number of hydrogen-bond donors (Lipinski definition) is 2. The van der Waals surface area contributed by atoms with Gasteiger partial charge >= 0.3 is 5.97 Å². The molecule has 1 aliphatic rings. The Hall–Kier alpha value is -3.76. The minimum atomic E-state index is -1.74. The Balaban J connectivity index is 1.50.